The number of hydrogen-bond acceptors (Lipinski definition) is 7. The maximum Gasteiger partial charge on any atom is 0.329 e. The number of carbonyl (C=O) groups is 2. The van der Waals surface area contributed by atoms with E-state index < -0.39 is 16.9 Å². The molecule has 1 amide bonds. The molecule has 0 aromatic heterocycles. The van der Waals surface area contributed by atoms with E-state index in [4.69, 9.17) is 26.4 Å². The van der Waals surface area contributed by atoms with Crippen LogP contribution in [0.2, 0.25) is 0 Å². The smallest absolute Gasteiger partial charge is 0.329 e. The Balaban J connectivity index is 2.31. The molecule has 0 bridgehead atoms. The van der Waals surface area contributed by atoms with Gasteiger partial charge in [-0.05, 0) is 26.0 Å². The molecular weight excluding hydrogens is 374 g/mol. The van der Waals surface area contributed by atoms with Crippen molar-refractivity contribution in [1.29, 1.82) is 0 Å². The predicted molar refractivity (Wildman–Crippen MR) is 105 cm³/mol. The van der Waals surface area contributed by atoms with E-state index in [0.717, 1.165) is 0 Å². The first-order valence-corrected chi connectivity index (χ1v) is 9.64. The van der Waals surface area contributed by atoms with Gasteiger partial charge >= 0.3 is 5.97 Å². The SMILES string of the molecule is CCOC(=O)C1CSC(COc2ccccc2OC)(C(C)=S)N1C(C)=O. The lowest BCUT2D eigenvalue weighted by Gasteiger charge is -2.38. The second kappa shape index (κ2) is 8.73. The fourth-order valence-electron chi connectivity index (χ4n) is 2.90. The number of para-hydroxylation sites is 2. The molecule has 1 aromatic rings. The number of methoxy groups -OCH3 is 1. The average Bonchev–Trinajstić information content (AvgIpc) is 3.01. The zero-order valence-corrected chi connectivity index (χ0v) is 16.9. The van der Waals surface area contributed by atoms with Gasteiger partial charge in [0, 0.05) is 17.5 Å². The van der Waals surface area contributed by atoms with Crippen molar-refractivity contribution < 1.29 is 23.8 Å². The van der Waals surface area contributed by atoms with Gasteiger partial charge in [0.2, 0.25) is 5.91 Å². The first kappa shape index (κ1) is 20.5. The van der Waals surface area contributed by atoms with Gasteiger partial charge in [0.25, 0.3) is 0 Å². The summed E-state index contributed by atoms with van der Waals surface area (Å²) >= 11 is 6.89. The fourth-order valence-corrected chi connectivity index (χ4v) is 4.69. The van der Waals surface area contributed by atoms with Crippen LogP contribution in [0.5, 0.6) is 11.5 Å². The van der Waals surface area contributed by atoms with Crippen molar-refractivity contribution in [2.75, 3.05) is 26.1 Å². The molecule has 1 aliphatic heterocycles. The zero-order valence-electron chi connectivity index (χ0n) is 15.3. The zero-order chi connectivity index (χ0) is 19.3. The summed E-state index contributed by atoms with van der Waals surface area (Å²) in [5.74, 6) is 0.867. The number of rotatable bonds is 7. The standard InChI is InChI=1S/C18H23NO5S2/c1-5-23-17(21)14-10-26-18(12(2)25,19(14)13(3)20)11-24-16-9-7-6-8-15(16)22-4/h6-9,14H,5,10-11H2,1-4H3. The molecule has 0 spiro atoms. The molecule has 0 saturated carbocycles. The summed E-state index contributed by atoms with van der Waals surface area (Å²) in [6.07, 6.45) is 0. The second-order valence-electron chi connectivity index (χ2n) is 5.75. The predicted octanol–water partition coefficient (Wildman–Crippen LogP) is 2.69. The number of ether oxygens (including phenoxy) is 3. The number of thioether (sulfide) groups is 1. The summed E-state index contributed by atoms with van der Waals surface area (Å²) in [5.41, 5.74) is 0. The van der Waals surface area contributed by atoms with Gasteiger partial charge in [0.05, 0.1) is 13.7 Å². The molecule has 1 aliphatic rings. The van der Waals surface area contributed by atoms with E-state index >= 15 is 0 Å². The van der Waals surface area contributed by atoms with Crippen molar-refractivity contribution in [2.24, 2.45) is 0 Å². The van der Waals surface area contributed by atoms with Crippen molar-refractivity contribution >= 4 is 40.7 Å². The maximum atomic E-state index is 12.4. The molecule has 1 saturated heterocycles. The Morgan fingerprint density at radius 1 is 1.31 bits per heavy atom. The van der Waals surface area contributed by atoms with E-state index in [9.17, 15) is 9.59 Å². The van der Waals surface area contributed by atoms with Gasteiger partial charge in [-0.15, -0.1) is 11.8 Å². The summed E-state index contributed by atoms with van der Waals surface area (Å²) in [6.45, 7) is 5.29. The Kier molecular flexibility index (Phi) is 6.88. The highest BCUT2D eigenvalue weighted by Gasteiger charge is 2.54. The molecule has 0 radical (unpaired) electrons. The quantitative estimate of drug-likeness (QED) is 0.518. The molecule has 2 rings (SSSR count). The van der Waals surface area contributed by atoms with Crippen LogP contribution in [0.15, 0.2) is 24.3 Å². The first-order chi connectivity index (χ1) is 12.4. The van der Waals surface area contributed by atoms with E-state index in [1.54, 1.807) is 33.1 Å². The average molecular weight is 398 g/mol. The number of nitrogens with zero attached hydrogens (tertiary/aromatic N) is 1. The molecule has 6 nitrogen and oxygen atoms in total. The van der Waals surface area contributed by atoms with Crippen molar-refractivity contribution in [3.63, 3.8) is 0 Å². The second-order valence-corrected chi connectivity index (χ2v) is 7.66. The van der Waals surface area contributed by atoms with Gasteiger partial charge in [-0.25, -0.2) is 4.79 Å². The number of hydrogen-bond donors (Lipinski definition) is 0. The van der Waals surface area contributed by atoms with Crippen LogP contribution in [-0.2, 0) is 14.3 Å². The summed E-state index contributed by atoms with van der Waals surface area (Å²) in [4.78, 5) is 25.8. The van der Waals surface area contributed by atoms with Crippen LogP contribution in [0.4, 0.5) is 0 Å². The maximum absolute atomic E-state index is 12.4. The van der Waals surface area contributed by atoms with E-state index in [-0.39, 0.29) is 19.1 Å². The Labute approximate surface area is 163 Å². The summed E-state index contributed by atoms with van der Waals surface area (Å²) < 4.78 is 16.4. The van der Waals surface area contributed by atoms with E-state index in [1.807, 2.05) is 12.1 Å². The van der Waals surface area contributed by atoms with Crippen LogP contribution in [-0.4, -0.2) is 58.6 Å². The van der Waals surface area contributed by atoms with Crippen molar-refractivity contribution in [3.8, 4) is 11.5 Å². The van der Waals surface area contributed by atoms with Gasteiger partial charge in [0.15, 0.2) is 16.4 Å². The van der Waals surface area contributed by atoms with Crippen molar-refractivity contribution in [2.45, 2.75) is 31.7 Å². The fraction of sp³-hybridized carbons (Fsp3) is 0.500. The number of amides is 1. The summed E-state index contributed by atoms with van der Waals surface area (Å²) in [6, 6.07) is 6.57. The minimum absolute atomic E-state index is 0.114. The number of benzene rings is 1. The number of carbonyl (C=O) groups excluding carboxylic acids is 2. The lowest BCUT2D eigenvalue weighted by molar-refractivity contribution is -0.154. The van der Waals surface area contributed by atoms with Crippen LogP contribution < -0.4 is 9.47 Å². The van der Waals surface area contributed by atoms with Crippen LogP contribution in [0, 0.1) is 0 Å². The molecule has 0 N–H and O–H groups in total. The monoisotopic (exact) mass is 397 g/mol. The Hall–Kier alpha value is -1.80. The molecule has 2 unspecified atom stereocenters. The molecular formula is C18H23NO5S2. The highest BCUT2D eigenvalue weighted by atomic mass is 32.2. The van der Waals surface area contributed by atoms with Crippen LogP contribution >= 0.6 is 24.0 Å². The Bertz CT molecular complexity index is 696. The topological polar surface area (TPSA) is 65.1 Å². The number of esters is 1. The molecule has 1 heterocycles. The molecule has 26 heavy (non-hydrogen) atoms. The molecule has 0 aliphatic carbocycles. The van der Waals surface area contributed by atoms with Gasteiger partial charge in [-0.1, -0.05) is 24.4 Å². The van der Waals surface area contributed by atoms with Crippen molar-refractivity contribution in [1.82, 2.24) is 4.90 Å². The highest BCUT2D eigenvalue weighted by Crippen LogP contribution is 2.42. The van der Waals surface area contributed by atoms with Gasteiger partial charge in [0.1, 0.15) is 12.6 Å². The van der Waals surface area contributed by atoms with E-state index in [1.165, 1.54) is 23.6 Å². The lowest BCUT2D eigenvalue weighted by Crippen LogP contribution is -2.57. The molecule has 142 valence electrons. The number of thiocarbonyl (C=S) groups is 1. The van der Waals surface area contributed by atoms with E-state index in [2.05, 4.69) is 0 Å². The first-order valence-electron chi connectivity index (χ1n) is 8.24. The Morgan fingerprint density at radius 2 is 1.96 bits per heavy atom. The largest absolute Gasteiger partial charge is 0.493 e. The molecule has 1 fully saturated rings. The third-order valence-electron chi connectivity index (χ3n) is 4.12. The van der Waals surface area contributed by atoms with Gasteiger partial charge in [-0.2, -0.15) is 0 Å². The molecule has 2 atom stereocenters. The third-order valence-corrected chi connectivity index (χ3v) is 6.17. The van der Waals surface area contributed by atoms with E-state index in [0.29, 0.717) is 22.1 Å². The molecule has 8 heteroatoms. The molecule has 1 aromatic carbocycles. The Morgan fingerprint density at radius 3 is 2.50 bits per heavy atom. The van der Waals surface area contributed by atoms with Gasteiger partial charge in [-0.3, -0.25) is 4.79 Å². The minimum atomic E-state index is -0.917. The van der Waals surface area contributed by atoms with Crippen LogP contribution in [0.1, 0.15) is 20.8 Å². The van der Waals surface area contributed by atoms with Crippen LogP contribution in [0.3, 0.4) is 0 Å². The normalized spacial score (nSPS) is 22.0. The lowest BCUT2D eigenvalue weighted by atomic mass is 10.1. The van der Waals surface area contributed by atoms with Crippen LogP contribution in [0.25, 0.3) is 0 Å². The third kappa shape index (κ3) is 3.96. The summed E-state index contributed by atoms with van der Waals surface area (Å²) in [7, 11) is 1.56. The summed E-state index contributed by atoms with van der Waals surface area (Å²) in [5, 5.41) is 0. The highest BCUT2D eigenvalue weighted by molar-refractivity contribution is 8.02. The van der Waals surface area contributed by atoms with Crippen molar-refractivity contribution in [3.05, 3.63) is 24.3 Å². The minimum Gasteiger partial charge on any atom is -0.493 e. The van der Waals surface area contributed by atoms with Gasteiger partial charge < -0.3 is 19.1 Å².